The van der Waals surface area contributed by atoms with Gasteiger partial charge < -0.3 is 9.47 Å². The highest BCUT2D eigenvalue weighted by Gasteiger charge is 2.14. The number of para-hydroxylation sites is 2. The second-order valence-electron chi connectivity index (χ2n) is 7.31. The van der Waals surface area contributed by atoms with Crippen molar-refractivity contribution in [3.8, 4) is 11.5 Å². The minimum Gasteiger partial charge on any atom is -0.490 e. The van der Waals surface area contributed by atoms with E-state index in [0.717, 1.165) is 31.1 Å². The third-order valence-corrected chi connectivity index (χ3v) is 7.16. The molecule has 0 aliphatic rings. The summed E-state index contributed by atoms with van der Waals surface area (Å²) >= 11 is 8.44. The van der Waals surface area contributed by atoms with Crippen LogP contribution < -0.4 is 19.6 Å². The van der Waals surface area contributed by atoms with Gasteiger partial charge in [-0.2, -0.15) is 0 Å². The third kappa shape index (κ3) is 4.43. The molecule has 166 valence electrons. The van der Waals surface area contributed by atoms with Crippen molar-refractivity contribution in [2.75, 3.05) is 6.61 Å². The van der Waals surface area contributed by atoms with Gasteiger partial charge in [-0.05, 0) is 76.5 Å². The van der Waals surface area contributed by atoms with Crippen LogP contribution in [0.15, 0.2) is 74.4 Å². The fourth-order valence-corrected chi connectivity index (χ4v) is 5.40. The van der Waals surface area contributed by atoms with Gasteiger partial charge in [-0.1, -0.05) is 51.5 Å². The van der Waals surface area contributed by atoms with Crippen molar-refractivity contribution in [1.82, 2.24) is 9.38 Å². The minimum absolute atomic E-state index is 0.0756. The molecule has 8 heteroatoms. The maximum absolute atomic E-state index is 13.1. The number of hydrogen-bond acceptors (Lipinski definition) is 5. The first-order valence-electron chi connectivity index (χ1n) is 10.3. The van der Waals surface area contributed by atoms with E-state index in [0.29, 0.717) is 34.2 Å². The number of thiazole rings is 1. The molecule has 0 aliphatic heterocycles. The van der Waals surface area contributed by atoms with Gasteiger partial charge in [0.2, 0.25) is 0 Å². The molecule has 0 aliphatic carbocycles. The van der Waals surface area contributed by atoms with Crippen LogP contribution >= 0.6 is 43.2 Å². The Bertz CT molecular complexity index is 1580. The van der Waals surface area contributed by atoms with Crippen LogP contribution in [0.3, 0.4) is 0 Å². The van der Waals surface area contributed by atoms with Crippen molar-refractivity contribution in [2.24, 2.45) is 0 Å². The molecule has 33 heavy (non-hydrogen) atoms. The van der Waals surface area contributed by atoms with E-state index >= 15 is 0 Å². The van der Waals surface area contributed by atoms with Crippen LogP contribution in [0, 0.1) is 0 Å². The first kappa shape index (κ1) is 22.1. The second kappa shape index (κ2) is 9.29. The number of rotatable bonds is 6. The van der Waals surface area contributed by atoms with Crippen LogP contribution in [0.1, 0.15) is 18.1 Å². The fourth-order valence-electron chi connectivity index (χ4n) is 3.57. The number of hydrogen-bond donors (Lipinski definition) is 0. The molecule has 5 nitrogen and oxygen atoms in total. The number of nitrogens with zero attached hydrogens (tertiary/aromatic N) is 2. The van der Waals surface area contributed by atoms with Crippen molar-refractivity contribution in [2.45, 2.75) is 13.5 Å². The summed E-state index contributed by atoms with van der Waals surface area (Å²) in [5.74, 6) is 1.25. The molecule has 5 aromatic rings. The van der Waals surface area contributed by atoms with Gasteiger partial charge in [0.05, 0.1) is 26.6 Å². The Balaban J connectivity index is 1.52. The lowest BCUT2D eigenvalue weighted by Gasteiger charge is -2.15. The van der Waals surface area contributed by atoms with Crippen molar-refractivity contribution < 1.29 is 9.47 Å². The molecule has 0 radical (unpaired) electrons. The van der Waals surface area contributed by atoms with Gasteiger partial charge in [0.25, 0.3) is 5.56 Å². The Hall–Kier alpha value is -2.68. The second-order valence-corrected chi connectivity index (χ2v) is 10.1. The zero-order valence-electron chi connectivity index (χ0n) is 17.5. The molecule has 0 N–H and O–H groups in total. The normalized spacial score (nSPS) is 12.0. The molecule has 0 unspecified atom stereocenters. The zero-order chi connectivity index (χ0) is 22.9. The number of imidazole rings is 1. The predicted octanol–water partition coefficient (Wildman–Crippen LogP) is 5.96. The van der Waals surface area contributed by atoms with E-state index in [9.17, 15) is 4.79 Å². The van der Waals surface area contributed by atoms with Gasteiger partial charge in [-0.3, -0.25) is 4.79 Å². The molecule has 0 amide bonds. The number of halogens is 2. The molecular weight excluding hydrogens is 568 g/mol. The van der Waals surface area contributed by atoms with Crippen LogP contribution in [0.5, 0.6) is 11.5 Å². The first-order chi connectivity index (χ1) is 16.0. The van der Waals surface area contributed by atoms with Gasteiger partial charge in [0.15, 0.2) is 16.5 Å². The van der Waals surface area contributed by atoms with Gasteiger partial charge in [0.1, 0.15) is 6.61 Å². The highest BCUT2D eigenvalue weighted by atomic mass is 79.9. The monoisotopic (exact) mass is 584 g/mol. The minimum atomic E-state index is -0.0756. The molecule has 0 saturated heterocycles. The molecule has 0 atom stereocenters. The Morgan fingerprint density at radius 1 is 1.06 bits per heavy atom. The quantitative estimate of drug-likeness (QED) is 0.247. The van der Waals surface area contributed by atoms with Crippen LogP contribution in [0.25, 0.3) is 22.1 Å². The summed E-state index contributed by atoms with van der Waals surface area (Å²) in [5.41, 5.74) is 3.45. The number of benzene rings is 3. The van der Waals surface area contributed by atoms with Crippen LogP contribution in [-0.4, -0.2) is 16.0 Å². The van der Waals surface area contributed by atoms with Crippen LogP contribution in [0.4, 0.5) is 0 Å². The molecule has 0 saturated carbocycles. The lowest BCUT2D eigenvalue weighted by atomic mass is 10.2. The van der Waals surface area contributed by atoms with E-state index in [1.165, 1.54) is 11.3 Å². The summed E-state index contributed by atoms with van der Waals surface area (Å²) < 4.78 is 16.0. The SMILES string of the molecule is CCOc1cc(/C=c2\sc3nc4ccccc4n3c2=O)cc(Br)c1OCc1ccc(Br)cc1. The molecule has 3 aromatic carbocycles. The largest absolute Gasteiger partial charge is 0.490 e. The van der Waals surface area contributed by atoms with Crippen molar-refractivity contribution in [3.05, 3.63) is 95.6 Å². The molecule has 0 fully saturated rings. The summed E-state index contributed by atoms with van der Waals surface area (Å²) in [6.45, 7) is 2.84. The number of aromatic nitrogens is 2. The predicted molar refractivity (Wildman–Crippen MR) is 139 cm³/mol. The summed E-state index contributed by atoms with van der Waals surface area (Å²) in [6.07, 6.45) is 1.86. The summed E-state index contributed by atoms with van der Waals surface area (Å²) in [5, 5.41) is 0. The van der Waals surface area contributed by atoms with Crippen molar-refractivity contribution in [3.63, 3.8) is 0 Å². The fraction of sp³-hybridized carbons (Fsp3) is 0.120. The average molecular weight is 586 g/mol. The molecule has 0 spiro atoms. The Morgan fingerprint density at radius 2 is 1.85 bits per heavy atom. The lowest BCUT2D eigenvalue weighted by molar-refractivity contribution is 0.267. The molecule has 5 rings (SSSR count). The number of ether oxygens (including phenoxy) is 2. The molecule has 2 heterocycles. The van der Waals surface area contributed by atoms with E-state index in [4.69, 9.17) is 9.47 Å². The van der Waals surface area contributed by atoms with E-state index in [1.807, 2.05) is 73.7 Å². The molecule has 0 bridgehead atoms. The topological polar surface area (TPSA) is 52.8 Å². The van der Waals surface area contributed by atoms with Crippen LogP contribution in [-0.2, 0) is 6.61 Å². The number of fused-ring (bicyclic) bond motifs is 3. The van der Waals surface area contributed by atoms with Gasteiger partial charge in [-0.25, -0.2) is 9.38 Å². The Kier molecular flexibility index (Phi) is 6.23. The first-order valence-corrected chi connectivity index (χ1v) is 12.7. The highest BCUT2D eigenvalue weighted by molar-refractivity contribution is 9.10. The standard InChI is InChI=1S/C25H18Br2N2O3S/c1-2-31-21-12-16(11-18(27)23(21)32-14-15-7-9-17(26)10-8-15)13-22-24(30)29-20-6-4-3-5-19(20)28-25(29)33-22/h3-13H,2,14H2,1H3/b22-13-. The van der Waals surface area contributed by atoms with Crippen molar-refractivity contribution >= 4 is 65.3 Å². The van der Waals surface area contributed by atoms with Crippen LogP contribution in [0.2, 0.25) is 0 Å². The maximum Gasteiger partial charge on any atom is 0.274 e. The Labute approximate surface area is 210 Å². The Morgan fingerprint density at radius 3 is 2.64 bits per heavy atom. The lowest BCUT2D eigenvalue weighted by Crippen LogP contribution is -2.22. The smallest absolute Gasteiger partial charge is 0.274 e. The molecular formula is C25H18Br2N2O3S. The van der Waals surface area contributed by atoms with E-state index in [1.54, 1.807) is 4.40 Å². The average Bonchev–Trinajstić information content (AvgIpc) is 3.31. The van der Waals surface area contributed by atoms with E-state index in [2.05, 4.69) is 36.8 Å². The summed E-state index contributed by atoms with van der Waals surface area (Å²) in [6, 6.07) is 19.5. The van der Waals surface area contributed by atoms with Gasteiger partial charge in [0, 0.05) is 4.47 Å². The zero-order valence-corrected chi connectivity index (χ0v) is 21.5. The van der Waals surface area contributed by atoms with Gasteiger partial charge in [-0.15, -0.1) is 0 Å². The van der Waals surface area contributed by atoms with Gasteiger partial charge >= 0.3 is 0 Å². The summed E-state index contributed by atoms with van der Waals surface area (Å²) in [7, 11) is 0. The highest BCUT2D eigenvalue weighted by Crippen LogP contribution is 2.37. The molecule has 2 aromatic heterocycles. The maximum atomic E-state index is 13.1. The van der Waals surface area contributed by atoms with Crippen molar-refractivity contribution in [1.29, 1.82) is 0 Å². The van der Waals surface area contributed by atoms with E-state index in [-0.39, 0.29) is 5.56 Å². The van der Waals surface area contributed by atoms with E-state index < -0.39 is 0 Å². The third-order valence-electron chi connectivity index (χ3n) is 5.07. The summed E-state index contributed by atoms with van der Waals surface area (Å²) in [4.78, 5) is 18.4.